The van der Waals surface area contributed by atoms with Gasteiger partial charge in [0.25, 0.3) is 0 Å². The zero-order chi connectivity index (χ0) is 18.2. The van der Waals surface area contributed by atoms with Crippen LogP contribution in [0.3, 0.4) is 0 Å². The zero-order valence-corrected chi connectivity index (χ0v) is 15.5. The van der Waals surface area contributed by atoms with Crippen molar-refractivity contribution < 1.29 is 13.7 Å². The topological polar surface area (TPSA) is 18.5 Å². The van der Waals surface area contributed by atoms with E-state index in [-0.39, 0.29) is 5.82 Å². The molecule has 0 radical (unpaired) electrons. The second-order valence-corrected chi connectivity index (χ2v) is 7.58. The molecule has 0 aliphatic carbocycles. The van der Waals surface area contributed by atoms with E-state index in [9.17, 15) is 4.39 Å². The zero-order valence-electron chi connectivity index (χ0n) is 15.5. The Morgan fingerprint density at radius 2 is 1.28 bits per heavy atom. The van der Waals surface area contributed by atoms with Gasteiger partial charge in [-0.3, -0.25) is 0 Å². The van der Waals surface area contributed by atoms with Gasteiger partial charge >= 0.3 is 7.12 Å². The van der Waals surface area contributed by atoms with E-state index in [4.69, 9.17) is 9.31 Å². The van der Waals surface area contributed by atoms with Crippen LogP contribution >= 0.6 is 0 Å². The highest BCUT2D eigenvalue weighted by atomic mass is 19.1. The minimum atomic E-state index is -0.452. The van der Waals surface area contributed by atoms with Crippen LogP contribution < -0.4 is 0 Å². The number of rotatable bonds is 3. The number of halogens is 1. The van der Waals surface area contributed by atoms with Crippen LogP contribution in [0.4, 0.5) is 4.39 Å². The highest BCUT2D eigenvalue weighted by Crippen LogP contribution is 2.38. The molecular formula is C21H24BFO2. The molecule has 0 unspecified atom stereocenters. The molecule has 0 spiro atoms. The first-order valence-corrected chi connectivity index (χ1v) is 8.58. The van der Waals surface area contributed by atoms with Crippen molar-refractivity contribution in [1.82, 2.24) is 0 Å². The molecule has 0 N–H and O–H groups in total. The predicted molar refractivity (Wildman–Crippen MR) is 101 cm³/mol. The maximum Gasteiger partial charge on any atom is 0.487 e. The van der Waals surface area contributed by atoms with E-state index in [0.717, 1.165) is 16.7 Å². The molecule has 0 atom stereocenters. The molecule has 1 heterocycles. The van der Waals surface area contributed by atoms with Crippen LogP contribution in [0.15, 0.2) is 54.5 Å². The molecule has 0 bridgehead atoms. The molecule has 130 valence electrons. The molecule has 0 saturated carbocycles. The van der Waals surface area contributed by atoms with Gasteiger partial charge in [-0.15, -0.1) is 0 Å². The van der Waals surface area contributed by atoms with Gasteiger partial charge in [0.1, 0.15) is 5.82 Å². The molecule has 1 aliphatic rings. The minimum absolute atomic E-state index is 0.248. The average molecular weight is 338 g/mol. The Balaban J connectivity index is 2.02. The van der Waals surface area contributed by atoms with E-state index in [0.29, 0.717) is 0 Å². The first kappa shape index (κ1) is 17.9. The number of hydrogen-bond donors (Lipinski definition) is 0. The number of aryl methyl sites for hydroxylation is 1. The Labute approximate surface area is 149 Å². The van der Waals surface area contributed by atoms with Gasteiger partial charge in [0.05, 0.1) is 11.2 Å². The maximum absolute atomic E-state index is 13.3. The highest BCUT2D eigenvalue weighted by Gasteiger charge is 2.50. The van der Waals surface area contributed by atoms with E-state index >= 15 is 0 Å². The largest absolute Gasteiger partial charge is 0.487 e. The monoisotopic (exact) mass is 338 g/mol. The van der Waals surface area contributed by atoms with E-state index in [2.05, 4.69) is 31.2 Å². The van der Waals surface area contributed by atoms with Crippen LogP contribution in [0.1, 0.15) is 44.4 Å². The summed E-state index contributed by atoms with van der Waals surface area (Å²) < 4.78 is 25.6. The normalized spacial score (nSPS) is 19.3. The number of hydrogen-bond acceptors (Lipinski definition) is 2. The van der Waals surface area contributed by atoms with Crippen LogP contribution in [-0.4, -0.2) is 18.3 Å². The quantitative estimate of drug-likeness (QED) is 0.717. The van der Waals surface area contributed by atoms with Crippen molar-refractivity contribution in [2.45, 2.75) is 45.8 Å². The summed E-state index contributed by atoms with van der Waals surface area (Å²) in [4.78, 5) is 0. The third-order valence-electron chi connectivity index (χ3n) is 5.09. The summed E-state index contributed by atoms with van der Waals surface area (Å²) in [5.74, 6) is 1.73. The lowest BCUT2D eigenvalue weighted by Gasteiger charge is -2.32. The number of benzene rings is 2. The lowest BCUT2D eigenvalue weighted by molar-refractivity contribution is 0.00578. The summed E-state index contributed by atoms with van der Waals surface area (Å²) in [5.41, 5.74) is 3.35. The second kappa shape index (κ2) is 6.43. The minimum Gasteiger partial charge on any atom is -0.400 e. The maximum atomic E-state index is 13.3. The molecule has 3 rings (SSSR count). The first-order chi connectivity index (χ1) is 11.7. The molecule has 0 amide bonds. The summed E-state index contributed by atoms with van der Waals surface area (Å²) >= 11 is 0. The molecule has 1 saturated heterocycles. The van der Waals surface area contributed by atoms with Gasteiger partial charge in [0.15, 0.2) is 0 Å². The van der Waals surface area contributed by atoms with Crippen molar-refractivity contribution in [3.63, 3.8) is 0 Å². The van der Waals surface area contributed by atoms with Gasteiger partial charge in [-0.1, -0.05) is 42.0 Å². The van der Waals surface area contributed by atoms with Gasteiger partial charge in [-0.05, 0) is 69.4 Å². The summed E-state index contributed by atoms with van der Waals surface area (Å²) in [7, 11) is -0.452. The summed E-state index contributed by atoms with van der Waals surface area (Å²) in [5, 5.41) is 0. The molecule has 2 aromatic carbocycles. The van der Waals surface area contributed by atoms with Gasteiger partial charge in [-0.25, -0.2) is 4.39 Å². The van der Waals surface area contributed by atoms with Crippen LogP contribution in [0.5, 0.6) is 0 Å². The van der Waals surface area contributed by atoms with Gasteiger partial charge in [0.2, 0.25) is 0 Å². The SMILES string of the molecule is Cc1ccc(/C(=C/B2OC(C)(C)C(C)(C)O2)c2ccc(F)cc2)cc1. The fourth-order valence-corrected chi connectivity index (χ4v) is 2.81. The van der Waals surface area contributed by atoms with Crippen molar-refractivity contribution >= 4 is 12.7 Å². The third kappa shape index (κ3) is 3.70. The summed E-state index contributed by atoms with van der Waals surface area (Å²) in [6.45, 7) is 10.2. The molecule has 0 aromatic heterocycles. The molecule has 2 nitrogen and oxygen atoms in total. The Hall–Kier alpha value is -1.91. The van der Waals surface area contributed by atoms with Crippen molar-refractivity contribution in [3.8, 4) is 0 Å². The fraction of sp³-hybridized carbons (Fsp3) is 0.333. The van der Waals surface area contributed by atoms with Crippen molar-refractivity contribution in [2.24, 2.45) is 0 Å². The summed E-state index contributed by atoms with van der Waals surface area (Å²) in [6, 6.07) is 14.8. The molecule has 2 aromatic rings. The third-order valence-corrected chi connectivity index (χ3v) is 5.09. The lowest BCUT2D eigenvalue weighted by Crippen LogP contribution is -2.41. The Morgan fingerprint density at radius 1 is 0.840 bits per heavy atom. The van der Waals surface area contributed by atoms with Crippen LogP contribution in [0, 0.1) is 12.7 Å². The first-order valence-electron chi connectivity index (χ1n) is 8.58. The van der Waals surface area contributed by atoms with Crippen LogP contribution in [0.25, 0.3) is 5.57 Å². The van der Waals surface area contributed by atoms with Gasteiger partial charge < -0.3 is 9.31 Å². The standard InChI is InChI=1S/C21H24BFO2/c1-15-6-8-16(9-7-15)19(17-10-12-18(23)13-11-17)14-22-24-20(2,3)21(4,5)25-22/h6-14H,1-5H3/b19-14-. The van der Waals surface area contributed by atoms with Crippen molar-refractivity contribution in [2.75, 3.05) is 0 Å². The Kier molecular flexibility index (Phi) is 4.61. The summed E-state index contributed by atoms with van der Waals surface area (Å²) in [6.07, 6.45) is 0. The van der Waals surface area contributed by atoms with E-state index < -0.39 is 18.3 Å². The fourth-order valence-electron chi connectivity index (χ4n) is 2.81. The lowest BCUT2D eigenvalue weighted by atomic mass is 9.82. The molecule has 1 aliphatic heterocycles. The van der Waals surface area contributed by atoms with Gasteiger partial charge in [-0.2, -0.15) is 0 Å². The molecule has 4 heteroatoms. The second-order valence-electron chi connectivity index (χ2n) is 7.58. The molecular weight excluding hydrogens is 314 g/mol. The van der Waals surface area contributed by atoms with Gasteiger partial charge in [0, 0.05) is 0 Å². The smallest absolute Gasteiger partial charge is 0.400 e. The van der Waals surface area contributed by atoms with Crippen LogP contribution in [-0.2, 0) is 9.31 Å². The molecule has 1 fully saturated rings. The van der Waals surface area contributed by atoms with Crippen LogP contribution in [0.2, 0.25) is 0 Å². The highest BCUT2D eigenvalue weighted by molar-refractivity contribution is 6.53. The average Bonchev–Trinajstić information content (AvgIpc) is 2.74. The van der Waals surface area contributed by atoms with E-state index in [1.54, 1.807) is 12.1 Å². The van der Waals surface area contributed by atoms with Crippen molar-refractivity contribution in [1.29, 1.82) is 0 Å². The predicted octanol–water partition coefficient (Wildman–Crippen LogP) is 5.20. The Bertz CT molecular complexity index is 713. The van der Waals surface area contributed by atoms with Crippen molar-refractivity contribution in [3.05, 3.63) is 77.0 Å². The Morgan fingerprint density at radius 3 is 1.76 bits per heavy atom. The van der Waals surface area contributed by atoms with E-state index in [1.807, 2.05) is 33.7 Å². The molecule has 25 heavy (non-hydrogen) atoms. The van der Waals surface area contributed by atoms with E-state index in [1.165, 1.54) is 17.7 Å².